The van der Waals surface area contributed by atoms with Gasteiger partial charge < -0.3 is 29.3 Å². The van der Waals surface area contributed by atoms with Crippen LogP contribution in [0.2, 0.25) is 0 Å². The van der Waals surface area contributed by atoms with Crippen molar-refractivity contribution in [2.24, 2.45) is 0 Å². The molecule has 10 nitrogen and oxygen atoms in total. The quantitative estimate of drug-likeness (QED) is 0.534. The molecule has 2 aliphatic heterocycles. The number of aromatic nitrogens is 2. The van der Waals surface area contributed by atoms with Crippen molar-refractivity contribution in [1.82, 2.24) is 19.6 Å². The van der Waals surface area contributed by atoms with Gasteiger partial charge in [0.05, 0.1) is 20.3 Å². The van der Waals surface area contributed by atoms with Crippen molar-refractivity contribution < 1.29 is 19.0 Å². The highest BCUT2D eigenvalue weighted by atomic mass is 16.6. The average molecular weight is 535 g/mol. The Kier molecular flexibility index (Phi) is 8.88. The first-order chi connectivity index (χ1) is 18.7. The van der Waals surface area contributed by atoms with Crippen molar-refractivity contribution in [3.05, 3.63) is 35.0 Å². The fraction of sp³-hybridized carbons (Fsp3) is 0.552. The van der Waals surface area contributed by atoms with Crippen LogP contribution in [-0.4, -0.2) is 84.8 Å². The molecule has 10 heteroatoms. The second-order valence-corrected chi connectivity index (χ2v) is 10.8. The summed E-state index contributed by atoms with van der Waals surface area (Å²) in [6.07, 6.45) is 2.80. The van der Waals surface area contributed by atoms with Gasteiger partial charge in [0, 0.05) is 37.8 Å². The van der Waals surface area contributed by atoms with Crippen LogP contribution in [-0.2, 0) is 4.74 Å². The number of anilines is 1. The summed E-state index contributed by atoms with van der Waals surface area (Å²) in [4.78, 5) is 16.8. The predicted molar refractivity (Wildman–Crippen MR) is 148 cm³/mol. The molecule has 4 rings (SSSR count). The van der Waals surface area contributed by atoms with Crippen LogP contribution in [0.3, 0.4) is 0 Å². The zero-order valence-electron chi connectivity index (χ0n) is 23.5. The van der Waals surface area contributed by atoms with E-state index < -0.39 is 5.60 Å². The first-order valence-electron chi connectivity index (χ1n) is 13.4. The summed E-state index contributed by atoms with van der Waals surface area (Å²) in [6.45, 7) is 10.3. The van der Waals surface area contributed by atoms with Gasteiger partial charge in [0.15, 0.2) is 5.69 Å². The lowest BCUT2D eigenvalue weighted by molar-refractivity contribution is 0.0288. The first-order valence-corrected chi connectivity index (χ1v) is 13.4. The fourth-order valence-corrected chi connectivity index (χ4v) is 4.84. The number of nitriles is 1. The molecule has 1 atom stereocenters. The monoisotopic (exact) mass is 534 g/mol. The summed E-state index contributed by atoms with van der Waals surface area (Å²) in [7, 11) is 3.17. The van der Waals surface area contributed by atoms with Gasteiger partial charge >= 0.3 is 6.09 Å². The molecule has 0 radical (unpaired) electrons. The summed E-state index contributed by atoms with van der Waals surface area (Å²) in [5, 5.41) is 18.4. The maximum absolute atomic E-state index is 12.7. The Morgan fingerprint density at radius 2 is 1.79 bits per heavy atom. The minimum Gasteiger partial charge on any atom is -0.497 e. The van der Waals surface area contributed by atoms with E-state index in [9.17, 15) is 10.1 Å². The molecule has 0 saturated carbocycles. The number of carbonyl (C=O) groups is 1. The average Bonchev–Trinajstić information content (AvgIpc) is 3.66. The molecule has 1 aromatic carbocycles. The minimum atomic E-state index is -0.567. The lowest BCUT2D eigenvalue weighted by Gasteiger charge is -2.24. The predicted octanol–water partition coefficient (Wildman–Crippen LogP) is 3.86. The van der Waals surface area contributed by atoms with Gasteiger partial charge in [0.2, 0.25) is 0 Å². The van der Waals surface area contributed by atoms with Gasteiger partial charge in [0.25, 0.3) is 0 Å². The zero-order chi connectivity index (χ0) is 28.0. The lowest BCUT2D eigenvalue weighted by Crippen LogP contribution is -2.35. The van der Waals surface area contributed by atoms with E-state index in [1.807, 2.05) is 37.6 Å². The summed E-state index contributed by atoms with van der Waals surface area (Å²) in [5.41, 5.74) is 0.904. The van der Waals surface area contributed by atoms with Gasteiger partial charge in [-0.15, -0.1) is 0 Å². The third-order valence-electron chi connectivity index (χ3n) is 6.78. The smallest absolute Gasteiger partial charge is 0.410 e. The number of hydrogen-bond acceptors (Lipinski definition) is 8. The molecule has 2 aromatic rings. The molecule has 2 aliphatic rings. The molecule has 39 heavy (non-hydrogen) atoms. The number of likely N-dealkylation sites (tertiary alicyclic amines) is 2. The Bertz CT molecular complexity index is 1250. The number of nitrogens with one attached hydrogen (secondary N) is 1. The number of methoxy groups -OCH3 is 2. The molecular formula is C29H38N6O4. The van der Waals surface area contributed by atoms with Crippen molar-refractivity contribution in [2.45, 2.75) is 51.7 Å². The van der Waals surface area contributed by atoms with E-state index >= 15 is 0 Å². The molecule has 0 spiro atoms. The number of carbonyl (C=O) groups excluding carboxylic acids is 1. The third-order valence-corrected chi connectivity index (χ3v) is 6.78. The van der Waals surface area contributed by atoms with Gasteiger partial charge in [-0.2, -0.15) is 10.4 Å². The van der Waals surface area contributed by atoms with E-state index in [1.54, 1.807) is 25.2 Å². The second-order valence-electron chi connectivity index (χ2n) is 10.8. The van der Waals surface area contributed by atoms with Crippen LogP contribution in [0.4, 0.5) is 10.6 Å². The van der Waals surface area contributed by atoms with Crippen molar-refractivity contribution in [3.8, 4) is 29.4 Å². The number of ether oxygens (including phenoxy) is 3. The SMILES string of the molecule is COc1cc(C#Cc2nn([C@H]3CCN(C(=O)OC(C)(C)C)C3)c(NCCN3CCCC3)c2C#N)cc(OC)c1. The Hall–Kier alpha value is -3.89. The maximum atomic E-state index is 12.7. The summed E-state index contributed by atoms with van der Waals surface area (Å²) < 4.78 is 18.1. The van der Waals surface area contributed by atoms with Crippen LogP contribution in [0.1, 0.15) is 62.9 Å². The van der Waals surface area contributed by atoms with Gasteiger partial charge in [-0.3, -0.25) is 0 Å². The number of amides is 1. The van der Waals surface area contributed by atoms with Crippen LogP contribution in [0.5, 0.6) is 11.5 Å². The highest BCUT2D eigenvalue weighted by molar-refractivity contribution is 5.68. The normalized spacial score (nSPS) is 17.3. The van der Waals surface area contributed by atoms with Crippen molar-refractivity contribution >= 4 is 11.9 Å². The molecule has 0 unspecified atom stereocenters. The van der Waals surface area contributed by atoms with Crippen LogP contribution in [0, 0.1) is 23.2 Å². The standard InChI is InChI=1S/C29H38N6O4/c1-29(2,3)39-28(36)34-14-10-22(20-34)35-27(31-11-15-33-12-6-7-13-33)25(19-30)26(32-35)9-8-21-16-23(37-4)18-24(17-21)38-5/h16-18,22,31H,6-7,10-15,20H2,1-5H3/t22-/m0/s1. The summed E-state index contributed by atoms with van der Waals surface area (Å²) in [6, 6.07) is 7.61. The molecular weight excluding hydrogens is 496 g/mol. The molecule has 0 aliphatic carbocycles. The largest absolute Gasteiger partial charge is 0.497 e. The van der Waals surface area contributed by atoms with E-state index in [0.717, 1.165) is 19.6 Å². The molecule has 2 fully saturated rings. The number of rotatable bonds is 7. The van der Waals surface area contributed by atoms with Crippen LogP contribution >= 0.6 is 0 Å². The first kappa shape index (κ1) is 28.1. The van der Waals surface area contributed by atoms with Crippen molar-refractivity contribution in [1.29, 1.82) is 5.26 Å². The molecule has 1 N–H and O–H groups in total. The van der Waals surface area contributed by atoms with E-state index in [2.05, 4.69) is 28.1 Å². The van der Waals surface area contributed by atoms with Crippen LogP contribution < -0.4 is 14.8 Å². The zero-order valence-corrected chi connectivity index (χ0v) is 23.5. The third kappa shape index (κ3) is 7.15. The van der Waals surface area contributed by atoms with E-state index in [-0.39, 0.29) is 12.1 Å². The van der Waals surface area contributed by atoms with Crippen LogP contribution in [0.25, 0.3) is 0 Å². The number of hydrogen-bond donors (Lipinski definition) is 1. The van der Waals surface area contributed by atoms with Crippen LogP contribution in [0.15, 0.2) is 18.2 Å². The lowest BCUT2D eigenvalue weighted by atomic mass is 10.2. The number of nitrogens with zero attached hydrogens (tertiary/aromatic N) is 5. The summed E-state index contributed by atoms with van der Waals surface area (Å²) in [5.74, 6) is 8.10. The Morgan fingerprint density at radius 3 is 2.41 bits per heavy atom. The molecule has 2 saturated heterocycles. The molecule has 1 aromatic heterocycles. The second kappa shape index (κ2) is 12.3. The topological polar surface area (TPSA) is 105 Å². The molecule has 1 amide bonds. The Labute approximate surface area is 230 Å². The Balaban J connectivity index is 1.62. The number of benzene rings is 1. The maximum Gasteiger partial charge on any atom is 0.410 e. The molecule has 208 valence electrons. The van der Waals surface area contributed by atoms with Crippen molar-refractivity contribution in [2.75, 3.05) is 58.8 Å². The molecule has 0 bridgehead atoms. The van der Waals surface area contributed by atoms with Gasteiger partial charge in [0.1, 0.15) is 34.6 Å². The minimum absolute atomic E-state index is 0.105. The molecule has 3 heterocycles. The summed E-state index contributed by atoms with van der Waals surface area (Å²) >= 11 is 0. The van der Waals surface area contributed by atoms with Gasteiger partial charge in [-0.05, 0) is 71.2 Å². The van der Waals surface area contributed by atoms with E-state index in [0.29, 0.717) is 60.2 Å². The van der Waals surface area contributed by atoms with Gasteiger partial charge in [-0.1, -0.05) is 5.92 Å². The van der Waals surface area contributed by atoms with E-state index in [4.69, 9.17) is 19.3 Å². The van der Waals surface area contributed by atoms with Gasteiger partial charge in [-0.25, -0.2) is 9.48 Å². The van der Waals surface area contributed by atoms with E-state index in [1.165, 1.54) is 12.8 Å². The van der Waals surface area contributed by atoms with Crippen molar-refractivity contribution in [3.63, 3.8) is 0 Å². The Morgan fingerprint density at radius 1 is 1.10 bits per heavy atom. The highest BCUT2D eigenvalue weighted by Crippen LogP contribution is 2.30. The fourth-order valence-electron chi connectivity index (χ4n) is 4.84. The highest BCUT2D eigenvalue weighted by Gasteiger charge is 2.33.